The van der Waals surface area contributed by atoms with Crippen LogP contribution in [0.15, 0.2) is 12.4 Å². The topological polar surface area (TPSA) is 67.1 Å². The van der Waals surface area contributed by atoms with Gasteiger partial charge in [0, 0.05) is 25.2 Å². The molecule has 1 saturated heterocycles. The number of aromatic nitrogens is 2. The van der Waals surface area contributed by atoms with Gasteiger partial charge in [-0.25, -0.2) is 9.97 Å². The van der Waals surface area contributed by atoms with Crippen molar-refractivity contribution in [3.8, 4) is 0 Å². The van der Waals surface area contributed by atoms with E-state index in [2.05, 4.69) is 34.0 Å². The first-order chi connectivity index (χ1) is 8.66. The molecule has 1 fully saturated rings. The Hall–Kier alpha value is -1.36. The molecule has 0 aromatic carbocycles. The molecule has 0 spiro atoms. The zero-order chi connectivity index (χ0) is 13.0. The molecule has 0 radical (unpaired) electrons. The van der Waals surface area contributed by atoms with Gasteiger partial charge < -0.3 is 16.0 Å². The molecule has 3 N–H and O–H groups in total. The highest BCUT2D eigenvalue weighted by Gasteiger charge is 2.23. The maximum Gasteiger partial charge on any atom is 0.134 e. The smallest absolute Gasteiger partial charge is 0.134 e. The van der Waals surface area contributed by atoms with Crippen molar-refractivity contribution >= 4 is 11.6 Å². The molecular weight excluding hydrogens is 226 g/mol. The van der Waals surface area contributed by atoms with E-state index in [1.165, 1.54) is 12.8 Å². The van der Waals surface area contributed by atoms with Gasteiger partial charge >= 0.3 is 0 Å². The number of nitrogens with two attached hydrogens (primary N) is 1. The van der Waals surface area contributed by atoms with E-state index < -0.39 is 0 Å². The summed E-state index contributed by atoms with van der Waals surface area (Å²) < 4.78 is 0. The molecular formula is C13H23N5. The first-order valence-corrected chi connectivity index (χ1v) is 6.71. The molecule has 100 valence electrons. The Morgan fingerprint density at radius 2 is 2.33 bits per heavy atom. The molecule has 18 heavy (non-hydrogen) atoms. The van der Waals surface area contributed by atoms with Crippen LogP contribution in [-0.4, -0.2) is 35.6 Å². The Morgan fingerprint density at radius 1 is 1.50 bits per heavy atom. The lowest BCUT2D eigenvalue weighted by molar-refractivity contribution is 0.534. The van der Waals surface area contributed by atoms with Gasteiger partial charge in [0.2, 0.25) is 0 Å². The second-order valence-electron chi connectivity index (χ2n) is 5.32. The van der Waals surface area contributed by atoms with Crippen LogP contribution in [-0.2, 0) is 0 Å². The average molecular weight is 249 g/mol. The number of anilines is 2. The Morgan fingerprint density at radius 3 is 2.94 bits per heavy atom. The normalized spacial score (nSPS) is 19.4. The molecule has 1 aromatic heterocycles. The molecule has 5 nitrogen and oxygen atoms in total. The minimum absolute atomic E-state index is 0.526. The van der Waals surface area contributed by atoms with Gasteiger partial charge in [-0.2, -0.15) is 0 Å². The minimum atomic E-state index is 0.526. The summed E-state index contributed by atoms with van der Waals surface area (Å²) in [4.78, 5) is 10.7. The van der Waals surface area contributed by atoms with E-state index in [9.17, 15) is 0 Å². The van der Waals surface area contributed by atoms with Crippen LogP contribution in [0.2, 0.25) is 0 Å². The summed E-state index contributed by atoms with van der Waals surface area (Å²) in [7, 11) is 0. The van der Waals surface area contributed by atoms with Gasteiger partial charge in [-0.05, 0) is 25.3 Å². The fourth-order valence-corrected chi connectivity index (χ4v) is 2.31. The highest BCUT2D eigenvalue weighted by molar-refractivity contribution is 5.47. The Kier molecular flexibility index (Phi) is 4.36. The van der Waals surface area contributed by atoms with Crippen LogP contribution < -0.4 is 16.0 Å². The summed E-state index contributed by atoms with van der Waals surface area (Å²) in [5.74, 6) is 2.19. The van der Waals surface area contributed by atoms with Gasteiger partial charge in [-0.15, -0.1) is 0 Å². The van der Waals surface area contributed by atoms with Crippen molar-refractivity contribution in [2.24, 2.45) is 5.92 Å². The van der Waals surface area contributed by atoms with E-state index >= 15 is 0 Å². The van der Waals surface area contributed by atoms with Crippen molar-refractivity contribution in [2.75, 3.05) is 30.3 Å². The molecule has 1 atom stereocenters. The zero-order valence-corrected chi connectivity index (χ0v) is 11.3. The molecule has 0 bridgehead atoms. The van der Waals surface area contributed by atoms with E-state index in [-0.39, 0.29) is 0 Å². The maximum atomic E-state index is 5.76. The summed E-state index contributed by atoms with van der Waals surface area (Å²) in [6.45, 7) is 7.64. The highest BCUT2D eigenvalue weighted by atomic mass is 15.2. The van der Waals surface area contributed by atoms with E-state index in [1.54, 1.807) is 6.33 Å². The number of nitrogens with zero attached hydrogens (tertiary/aromatic N) is 3. The van der Waals surface area contributed by atoms with Crippen molar-refractivity contribution in [1.82, 2.24) is 15.3 Å². The third kappa shape index (κ3) is 3.32. The summed E-state index contributed by atoms with van der Waals surface area (Å²) >= 11 is 0. The molecule has 0 aliphatic carbocycles. The fraction of sp³-hybridized carbons (Fsp3) is 0.692. The summed E-state index contributed by atoms with van der Waals surface area (Å²) in [5, 5.41) is 3.41. The largest absolute Gasteiger partial charge is 0.384 e. The predicted octanol–water partition coefficient (Wildman–Crippen LogP) is 1.27. The van der Waals surface area contributed by atoms with Crippen molar-refractivity contribution < 1.29 is 0 Å². The first kappa shape index (κ1) is 13.1. The summed E-state index contributed by atoms with van der Waals surface area (Å²) in [6.07, 6.45) is 3.89. The Balaban J connectivity index is 2.12. The molecule has 0 amide bonds. The Labute approximate surface area is 109 Å². The second-order valence-corrected chi connectivity index (χ2v) is 5.32. The van der Waals surface area contributed by atoms with Crippen LogP contribution >= 0.6 is 0 Å². The number of hydrogen-bond donors (Lipinski definition) is 2. The van der Waals surface area contributed by atoms with E-state index in [4.69, 9.17) is 5.73 Å². The molecule has 1 aliphatic rings. The van der Waals surface area contributed by atoms with Gasteiger partial charge in [-0.1, -0.05) is 13.8 Å². The predicted molar refractivity (Wildman–Crippen MR) is 74.5 cm³/mol. The average Bonchev–Trinajstić information content (AvgIpc) is 2.83. The molecule has 1 aromatic rings. The number of nitrogens with one attached hydrogen (secondary N) is 1. The van der Waals surface area contributed by atoms with Crippen LogP contribution in [0.5, 0.6) is 0 Å². The van der Waals surface area contributed by atoms with Crippen molar-refractivity contribution in [3.05, 3.63) is 12.4 Å². The minimum Gasteiger partial charge on any atom is -0.384 e. The summed E-state index contributed by atoms with van der Waals surface area (Å²) in [5.41, 5.74) is 5.76. The van der Waals surface area contributed by atoms with Gasteiger partial charge in [0.1, 0.15) is 18.0 Å². The number of nitrogen functional groups attached to an aromatic ring is 1. The molecule has 1 unspecified atom stereocenters. The number of rotatable bonds is 5. The molecule has 0 saturated carbocycles. The van der Waals surface area contributed by atoms with Crippen molar-refractivity contribution in [2.45, 2.75) is 32.7 Å². The third-order valence-electron chi connectivity index (χ3n) is 3.39. The monoisotopic (exact) mass is 249 g/mol. The SMILES string of the molecule is CC(C)CCN(c1cc(N)ncn1)C1CCNC1. The van der Waals surface area contributed by atoms with Gasteiger partial charge in [0.25, 0.3) is 0 Å². The van der Waals surface area contributed by atoms with Gasteiger partial charge in [0.15, 0.2) is 0 Å². The van der Waals surface area contributed by atoms with Gasteiger partial charge in [-0.3, -0.25) is 0 Å². The standard InChI is InChI=1S/C13H23N5/c1-10(2)4-6-18(11-3-5-15-8-11)13-7-12(14)16-9-17-13/h7,9-11,15H,3-6,8H2,1-2H3,(H2,14,16,17). The molecule has 2 rings (SSSR count). The fourth-order valence-electron chi connectivity index (χ4n) is 2.31. The van der Waals surface area contributed by atoms with Crippen LogP contribution in [0.3, 0.4) is 0 Å². The zero-order valence-electron chi connectivity index (χ0n) is 11.3. The van der Waals surface area contributed by atoms with Crippen LogP contribution in [0, 0.1) is 5.92 Å². The van der Waals surface area contributed by atoms with E-state index in [1.807, 2.05) is 6.07 Å². The second kappa shape index (κ2) is 6.00. The third-order valence-corrected chi connectivity index (χ3v) is 3.39. The lowest BCUT2D eigenvalue weighted by Crippen LogP contribution is -2.38. The first-order valence-electron chi connectivity index (χ1n) is 6.71. The van der Waals surface area contributed by atoms with Crippen molar-refractivity contribution in [3.63, 3.8) is 0 Å². The summed E-state index contributed by atoms with van der Waals surface area (Å²) in [6, 6.07) is 2.40. The number of hydrogen-bond acceptors (Lipinski definition) is 5. The molecule has 2 heterocycles. The lowest BCUT2D eigenvalue weighted by atomic mass is 10.1. The highest BCUT2D eigenvalue weighted by Crippen LogP contribution is 2.20. The molecule has 5 heteroatoms. The van der Waals surface area contributed by atoms with Crippen molar-refractivity contribution in [1.29, 1.82) is 0 Å². The van der Waals surface area contributed by atoms with Crippen LogP contribution in [0.1, 0.15) is 26.7 Å². The maximum absolute atomic E-state index is 5.76. The quantitative estimate of drug-likeness (QED) is 0.822. The van der Waals surface area contributed by atoms with Crippen LogP contribution in [0.4, 0.5) is 11.6 Å². The molecule has 1 aliphatic heterocycles. The lowest BCUT2D eigenvalue weighted by Gasteiger charge is -2.30. The van der Waals surface area contributed by atoms with Crippen LogP contribution in [0.25, 0.3) is 0 Å². The Bertz CT molecular complexity index is 373. The van der Waals surface area contributed by atoms with E-state index in [0.717, 1.165) is 25.5 Å². The van der Waals surface area contributed by atoms with Gasteiger partial charge in [0.05, 0.1) is 0 Å². The van der Waals surface area contributed by atoms with E-state index in [0.29, 0.717) is 17.8 Å².